The molecule has 0 saturated carbocycles. The highest BCUT2D eigenvalue weighted by Crippen LogP contribution is 2.38. The predicted octanol–water partition coefficient (Wildman–Crippen LogP) is 5.40. The Morgan fingerprint density at radius 3 is 1.21 bits per heavy atom. The van der Waals surface area contributed by atoms with Gasteiger partial charge in [0.15, 0.2) is 5.72 Å². The fraction of sp³-hybridized carbons (Fsp3) is 0.400. The van der Waals surface area contributed by atoms with Gasteiger partial charge in [-0.1, -0.05) is 30.7 Å². The lowest BCUT2D eigenvalue weighted by molar-refractivity contribution is -0.138. The van der Waals surface area contributed by atoms with Crippen molar-refractivity contribution in [1.82, 2.24) is 4.90 Å². The molecule has 0 bridgehead atoms. The van der Waals surface area contributed by atoms with Crippen LogP contribution in [-0.4, -0.2) is 23.1 Å². The number of nitrogens with zero attached hydrogens (tertiary/aromatic N) is 1. The van der Waals surface area contributed by atoms with Gasteiger partial charge in [-0.05, 0) is 37.1 Å². The van der Waals surface area contributed by atoms with Crippen molar-refractivity contribution in [1.29, 1.82) is 0 Å². The molecule has 3 rings (SSSR count). The first-order chi connectivity index (χ1) is 13.0. The first-order valence-corrected chi connectivity index (χ1v) is 8.86. The average Bonchev–Trinajstić information content (AvgIpc) is 2.67. The Morgan fingerprint density at radius 2 is 0.893 bits per heavy atom. The van der Waals surface area contributed by atoms with Crippen LogP contribution in [0.5, 0.6) is 0 Å². The zero-order chi connectivity index (χ0) is 20.6. The maximum Gasteiger partial charge on any atom is 0.416 e. The van der Waals surface area contributed by atoms with Crippen molar-refractivity contribution in [2.24, 2.45) is 0 Å². The molecule has 0 spiro atoms. The van der Waals surface area contributed by atoms with E-state index in [0.717, 1.165) is 43.5 Å². The van der Waals surface area contributed by atoms with Gasteiger partial charge in [-0.2, -0.15) is 26.3 Å². The first kappa shape index (κ1) is 20.7. The number of hydrogen-bond donors (Lipinski definition) is 1. The summed E-state index contributed by atoms with van der Waals surface area (Å²) in [5.74, 6) is 0. The van der Waals surface area contributed by atoms with Crippen LogP contribution in [0.2, 0.25) is 0 Å². The fourth-order valence-electron chi connectivity index (χ4n) is 3.53. The topological polar surface area (TPSA) is 23.5 Å². The highest BCUT2D eigenvalue weighted by molar-refractivity contribution is 5.39. The SMILES string of the molecule is OC(c1ccc(C(F)(F)F)cc1)(c1ccc(C(F)(F)F)cc1)N1CCCCC1. The highest BCUT2D eigenvalue weighted by Gasteiger charge is 2.40. The van der Waals surface area contributed by atoms with E-state index < -0.39 is 29.2 Å². The van der Waals surface area contributed by atoms with Crippen LogP contribution >= 0.6 is 0 Å². The molecule has 28 heavy (non-hydrogen) atoms. The third-order valence-electron chi connectivity index (χ3n) is 5.04. The Balaban J connectivity index is 2.05. The summed E-state index contributed by atoms with van der Waals surface area (Å²) in [5, 5.41) is 11.5. The first-order valence-electron chi connectivity index (χ1n) is 8.86. The molecule has 8 heteroatoms. The van der Waals surface area contributed by atoms with Crippen molar-refractivity contribution in [3.8, 4) is 0 Å². The molecule has 0 aromatic heterocycles. The molecule has 0 atom stereocenters. The molecule has 1 aliphatic heterocycles. The van der Waals surface area contributed by atoms with Crippen LogP contribution in [0.1, 0.15) is 41.5 Å². The lowest BCUT2D eigenvalue weighted by Crippen LogP contribution is -2.49. The Bertz CT molecular complexity index is 732. The molecule has 0 unspecified atom stereocenters. The molecular weight excluding hydrogens is 384 g/mol. The van der Waals surface area contributed by atoms with Gasteiger partial charge in [0.2, 0.25) is 0 Å². The molecule has 1 heterocycles. The predicted molar refractivity (Wildman–Crippen MR) is 91.3 cm³/mol. The van der Waals surface area contributed by atoms with Crippen LogP contribution in [0.4, 0.5) is 26.3 Å². The van der Waals surface area contributed by atoms with Crippen molar-refractivity contribution in [2.45, 2.75) is 37.3 Å². The minimum atomic E-state index is -4.52. The summed E-state index contributed by atoms with van der Waals surface area (Å²) in [6.07, 6.45) is -6.52. The van der Waals surface area contributed by atoms with Crippen LogP contribution in [-0.2, 0) is 18.1 Å². The summed E-state index contributed by atoms with van der Waals surface area (Å²) in [4.78, 5) is 1.70. The van der Waals surface area contributed by atoms with Crippen LogP contribution in [0.25, 0.3) is 0 Å². The van der Waals surface area contributed by atoms with E-state index in [4.69, 9.17) is 0 Å². The Hall–Kier alpha value is -2.06. The fourth-order valence-corrected chi connectivity index (χ4v) is 3.53. The van der Waals surface area contributed by atoms with Crippen molar-refractivity contribution < 1.29 is 31.4 Å². The van der Waals surface area contributed by atoms with Gasteiger partial charge in [0.05, 0.1) is 11.1 Å². The van der Waals surface area contributed by atoms with Gasteiger partial charge in [0, 0.05) is 24.2 Å². The van der Waals surface area contributed by atoms with Gasteiger partial charge >= 0.3 is 12.4 Å². The van der Waals surface area contributed by atoms with E-state index in [1.165, 1.54) is 24.3 Å². The van der Waals surface area contributed by atoms with Crippen LogP contribution in [0.3, 0.4) is 0 Å². The maximum atomic E-state index is 12.9. The highest BCUT2D eigenvalue weighted by atomic mass is 19.4. The minimum Gasteiger partial charge on any atom is -0.367 e. The summed E-state index contributed by atoms with van der Waals surface area (Å²) in [6, 6.07) is 8.18. The molecule has 1 aliphatic rings. The zero-order valence-corrected chi connectivity index (χ0v) is 14.8. The molecule has 1 fully saturated rings. The molecular formula is C20H19F6NO. The van der Waals surface area contributed by atoms with E-state index in [-0.39, 0.29) is 11.1 Å². The minimum absolute atomic E-state index is 0.183. The largest absolute Gasteiger partial charge is 0.416 e. The third-order valence-corrected chi connectivity index (χ3v) is 5.04. The second kappa shape index (κ2) is 7.40. The Morgan fingerprint density at radius 1 is 0.571 bits per heavy atom. The number of piperidine rings is 1. The standard InChI is InChI=1S/C20H19F6NO/c21-19(22,23)16-8-4-14(5-9-16)18(28,27-12-2-1-3-13-27)15-6-10-17(11-7-15)20(24,25)26/h4-11,28H,1-3,12-13H2. The number of alkyl halides is 6. The molecule has 1 N–H and O–H groups in total. The normalized spacial score (nSPS) is 17.0. The molecule has 2 nitrogen and oxygen atoms in total. The van der Waals surface area contributed by atoms with Gasteiger partial charge in [0.25, 0.3) is 0 Å². The van der Waals surface area contributed by atoms with Gasteiger partial charge in [-0.25, -0.2) is 0 Å². The third kappa shape index (κ3) is 4.03. The van der Waals surface area contributed by atoms with Crippen LogP contribution in [0, 0.1) is 0 Å². The average molecular weight is 403 g/mol. The lowest BCUT2D eigenvalue weighted by Gasteiger charge is -2.42. The number of halogens is 6. The van der Waals surface area contributed by atoms with Gasteiger partial charge in [-0.3, -0.25) is 4.90 Å². The molecule has 0 radical (unpaired) electrons. The molecule has 152 valence electrons. The quantitative estimate of drug-likeness (QED) is 0.694. The number of benzene rings is 2. The number of aliphatic hydroxyl groups is 1. The summed E-state index contributed by atoms with van der Waals surface area (Å²) in [7, 11) is 0. The van der Waals surface area contributed by atoms with Crippen molar-refractivity contribution in [2.75, 3.05) is 13.1 Å². The Kier molecular flexibility index (Phi) is 5.46. The van der Waals surface area contributed by atoms with Gasteiger partial charge in [-0.15, -0.1) is 0 Å². The second-order valence-electron chi connectivity index (χ2n) is 6.87. The molecule has 0 aliphatic carbocycles. The maximum absolute atomic E-state index is 12.9. The summed E-state index contributed by atoms with van der Waals surface area (Å²) in [6.45, 7) is 0.969. The summed E-state index contributed by atoms with van der Waals surface area (Å²) >= 11 is 0. The van der Waals surface area contributed by atoms with E-state index >= 15 is 0 Å². The van der Waals surface area contributed by atoms with Gasteiger partial charge < -0.3 is 5.11 Å². The van der Waals surface area contributed by atoms with E-state index in [9.17, 15) is 31.4 Å². The van der Waals surface area contributed by atoms with Crippen molar-refractivity contribution >= 4 is 0 Å². The number of hydrogen-bond acceptors (Lipinski definition) is 2. The molecule has 1 saturated heterocycles. The second-order valence-corrected chi connectivity index (χ2v) is 6.87. The summed E-state index contributed by atoms with van der Waals surface area (Å²) < 4.78 is 77.2. The molecule has 2 aromatic carbocycles. The van der Waals surface area contributed by atoms with Crippen LogP contribution < -0.4 is 0 Å². The zero-order valence-electron chi connectivity index (χ0n) is 14.8. The van der Waals surface area contributed by atoms with E-state index in [1.54, 1.807) is 4.90 Å². The molecule has 2 aromatic rings. The summed E-state index contributed by atoms with van der Waals surface area (Å²) in [5.41, 5.74) is -3.16. The number of rotatable bonds is 3. The monoisotopic (exact) mass is 403 g/mol. The van der Waals surface area contributed by atoms with E-state index in [1.807, 2.05) is 0 Å². The van der Waals surface area contributed by atoms with Gasteiger partial charge in [0.1, 0.15) is 0 Å². The van der Waals surface area contributed by atoms with E-state index in [2.05, 4.69) is 0 Å². The van der Waals surface area contributed by atoms with Crippen LogP contribution in [0.15, 0.2) is 48.5 Å². The Labute approximate surface area is 158 Å². The molecule has 0 amide bonds. The van der Waals surface area contributed by atoms with E-state index in [0.29, 0.717) is 13.1 Å². The lowest BCUT2D eigenvalue weighted by atomic mass is 9.89. The smallest absolute Gasteiger partial charge is 0.367 e. The number of likely N-dealkylation sites (tertiary alicyclic amines) is 1. The van der Waals surface area contributed by atoms with Crippen molar-refractivity contribution in [3.63, 3.8) is 0 Å². The van der Waals surface area contributed by atoms with Crippen molar-refractivity contribution in [3.05, 3.63) is 70.8 Å².